The molecular weight excluding hydrogens is 437 g/mol. The van der Waals surface area contributed by atoms with Gasteiger partial charge in [0.1, 0.15) is 4.90 Å². The van der Waals surface area contributed by atoms with Gasteiger partial charge >= 0.3 is 0 Å². The van der Waals surface area contributed by atoms with Gasteiger partial charge in [-0.05, 0) is 24.3 Å². The van der Waals surface area contributed by atoms with Gasteiger partial charge in [-0.3, -0.25) is 20.4 Å². The minimum absolute atomic E-state index is 0.0357. The number of benzene rings is 2. The molecule has 0 fully saturated rings. The van der Waals surface area contributed by atoms with Gasteiger partial charge in [0.25, 0.3) is 5.91 Å². The largest absolute Gasteiger partial charge is 0.273 e. The third kappa shape index (κ3) is 5.82. The Hall–Kier alpha value is -1.84. The molecule has 144 valence electrons. The van der Waals surface area contributed by atoms with Crippen LogP contribution in [0.15, 0.2) is 47.4 Å². The third-order valence-corrected chi connectivity index (χ3v) is 6.01. The Morgan fingerprint density at radius 1 is 0.852 bits per heavy atom. The van der Waals surface area contributed by atoms with Crippen molar-refractivity contribution in [3.05, 3.63) is 63.1 Å². The van der Waals surface area contributed by atoms with Crippen LogP contribution in [0.25, 0.3) is 0 Å². The number of hydrogen-bond donors (Lipinski definition) is 3. The summed E-state index contributed by atoms with van der Waals surface area (Å²) in [6.07, 6.45) is -0.232. The number of carbonyl (C=O) groups is 2. The zero-order valence-electron chi connectivity index (χ0n) is 13.6. The second kappa shape index (κ2) is 9.38. The van der Waals surface area contributed by atoms with Crippen LogP contribution in [0.4, 0.5) is 0 Å². The Kier molecular flexibility index (Phi) is 7.46. The summed E-state index contributed by atoms with van der Waals surface area (Å²) in [7, 11) is -4.00. The molecule has 0 saturated carbocycles. The van der Waals surface area contributed by atoms with E-state index in [-0.39, 0.29) is 38.5 Å². The van der Waals surface area contributed by atoms with E-state index in [9.17, 15) is 18.0 Å². The van der Waals surface area contributed by atoms with E-state index in [1.165, 1.54) is 30.3 Å². The van der Waals surface area contributed by atoms with Gasteiger partial charge in [-0.2, -0.15) is 0 Å². The molecule has 0 radical (unpaired) electrons. The summed E-state index contributed by atoms with van der Waals surface area (Å²) < 4.78 is 26.7. The van der Waals surface area contributed by atoms with Crippen LogP contribution in [0.3, 0.4) is 0 Å². The van der Waals surface area contributed by atoms with Gasteiger partial charge in [0, 0.05) is 13.0 Å². The molecule has 27 heavy (non-hydrogen) atoms. The average molecular weight is 451 g/mol. The van der Waals surface area contributed by atoms with Gasteiger partial charge in [-0.25, -0.2) is 13.1 Å². The number of amides is 2. The van der Waals surface area contributed by atoms with Gasteiger partial charge in [-0.15, -0.1) is 0 Å². The monoisotopic (exact) mass is 449 g/mol. The fraction of sp³-hybridized carbons (Fsp3) is 0.125. The highest BCUT2D eigenvalue weighted by atomic mass is 35.5. The van der Waals surface area contributed by atoms with Crippen molar-refractivity contribution in [1.29, 1.82) is 0 Å². The summed E-state index contributed by atoms with van der Waals surface area (Å²) in [5.74, 6) is -1.21. The topological polar surface area (TPSA) is 104 Å². The second-order valence-corrected chi connectivity index (χ2v) is 8.11. The fourth-order valence-corrected chi connectivity index (χ4v) is 4.41. The molecule has 2 rings (SSSR count). The summed E-state index contributed by atoms with van der Waals surface area (Å²) >= 11 is 17.6. The van der Waals surface area contributed by atoms with Crippen molar-refractivity contribution in [3.8, 4) is 0 Å². The van der Waals surface area contributed by atoms with E-state index in [0.717, 1.165) is 0 Å². The second-order valence-electron chi connectivity index (χ2n) is 5.18. The van der Waals surface area contributed by atoms with Crippen LogP contribution in [-0.4, -0.2) is 26.8 Å². The van der Waals surface area contributed by atoms with Crippen LogP contribution in [-0.2, 0) is 14.8 Å². The van der Waals surface area contributed by atoms with Crippen molar-refractivity contribution >= 4 is 56.6 Å². The van der Waals surface area contributed by atoms with Gasteiger partial charge in [0.2, 0.25) is 15.9 Å². The van der Waals surface area contributed by atoms with Crippen molar-refractivity contribution in [2.45, 2.75) is 11.3 Å². The van der Waals surface area contributed by atoms with Crippen molar-refractivity contribution in [1.82, 2.24) is 15.6 Å². The summed E-state index contributed by atoms with van der Waals surface area (Å²) in [5, 5.41) is 0.159. The first-order valence-corrected chi connectivity index (χ1v) is 10.1. The molecule has 0 aliphatic heterocycles. The van der Waals surface area contributed by atoms with Gasteiger partial charge in [0.05, 0.1) is 20.6 Å². The van der Waals surface area contributed by atoms with Crippen molar-refractivity contribution < 1.29 is 18.0 Å². The van der Waals surface area contributed by atoms with Crippen molar-refractivity contribution in [3.63, 3.8) is 0 Å². The summed E-state index contributed by atoms with van der Waals surface area (Å²) in [6, 6.07) is 10.6. The Morgan fingerprint density at radius 2 is 1.44 bits per heavy atom. The number of carbonyl (C=O) groups excluding carboxylic acids is 2. The molecule has 2 aromatic rings. The van der Waals surface area contributed by atoms with Crippen LogP contribution in [0.2, 0.25) is 15.1 Å². The molecule has 0 saturated heterocycles. The first-order valence-electron chi connectivity index (χ1n) is 7.50. The summed E-state index contributed by atoms with van der Waals surface area (Å²) in [4.78, 5) is 23.4. The summed E-state index contributed by atoms with van der Waals surface area (Å²) in [6.45, 7) is -0.225. The maximum atomic E-state index is 12.2. The number of halogens is 3. The zero-order valence-corrected chi connectivity index (χ0v) is 16.7. The molecule has 2 amide bonds. The normalized spacial score (nSPS) is 11.1. The first-order chi connectivity index (χ1) is 12.7. The predicted molar refractivity (Wildman–Crippen MR) is 103 cm³/mol. The maximum absolute atomic E-state index is 12.2. The Labute approximate surface area is 171 Å². The van der Waals surface area contributed by atoms with E-state index in [1.807, 2.05) is 0 Å². The van der Waals surface area contributed by atoms with Crippen LogP contribution >= 0.6 is 34.8 Å². The van der Waals surface area contributed by atoms with Gasteiger partial charge < -0.3 is 0 Å². The van der Waals surface area contributed by atoms with Gasteiger partial charge in [0.15, 0.2) is 0 Å². The molecule has 0 aliphatic rings. The molecule has 0 spiro atoms. The standard InChI is InChI=1S/C16H14Cl3N3O4S/c17-11-5-2-1-4-10(11)16(24)22-21-14(23)8-9-20-27(25,26)15-12(18)6-3-7-13(15)19/h1-7,20H,8-9H2,(H,21,23)(H,22,24). The van der Waals surface area contributed by atoms with E-state index in [0.29, 0.717) is 0 Å². The lowest BCUT2D eigenvalue weighted by Gasteiger charge is -2.11. The number of hydrogen-bond acceptors (Lipinski definition) is 4. The molecule has 0 atom stereocenters. The number of hydrazine groups is 1. The smallest absolute Gasteiger partial charge is 0.271 e. The average Bonchev–Trinajstić information content (AvgIpc) is 2.59. The number of nitrogens with one attached hydrogen (secondary N) is 3. The van der Waals surface area contributed by atoms with Crippen molar-refractivity contribution in [2.75, 3.05) is 6.54 Å². The van der Waals surface area contributed by atoms with E-state index < -0.39 is 21.8 Å². The highest BCUT2D eigenvalue weighted by Crippen LogP contribution is 2.28. The third-order valence-electron chi connectivity index (χ3n) is 3.27. The minimum Gasteiger partial charge on any atom is -0.273 e. The molecular formula is C16H14Cl3N3O4S. The Morgan fingerprint density at radius 3 is 2.07 bits per heavy atom. The quantitative estimate of drug-likeness (QED) is 0.589. The predicted octanol–water partition coefficient (Wildman–Crippen LogP) is 2.78. The molecule has 0 aliphatic carbocycles. The van der Waals surface area contributed by atoms with Crippen LogP contribution in [0, 0.1) is 0 Å². The van der Waals surface area contributed by atoms with E-state index in [4.69, 9.17) is 34.8 Å². The Bertz CT molecular complexity index is 947. The van der Waals surface area contributed by atoms with Crippen LogP contribution in [0.5, 0.6) is 0 Å². The minimum atomic E-state index is -4.00. The molecule has 7 nitrogen and oxygen atoms in total. The van der Waals surface area contributed by atoms with E-state index >= 15 is 0 Å². The highest BCUT2D eigenvalue weighted by Gasteiger charge is 2.21. The molecule has 0 bridgehead atoms. The number of rotatable bonds is 6. The lowest BCUT2D eigenvalue weighted by atomic mass is 10.2. The maximum Gasteiger partial charge on any atom is 0.271 e. The molecule has 2 aromatic carbocycles. The van der Waals surface area contributed by atoms with Crippen LogP contribution < -0.4 is 15.6 Å². The highest BCUT2D eigenvalue weighted by molar-refractivity contribution is 7.89. The molecule has 0 heterocycles. The number of sulfonamides is 1. The van der Waals surface area contributed by atoms with Gasteiger partial charge in [-0.1, -0.05) is 53.0 Å². The van der Waals surface area contributed by atoms with Crippen molar-refractivity contribution in [2.24, 2.45) is 0 Å². The molecule has 11 heteroatoms. The SMILES string of the molecule is O=C(CCNS(=O)(=O)c1c(Cl)cccc1Cl)NNC(=O)c1ccccc1Cl. The van der Waals surface area contributed by atoms with E-state index in [2.05, 4.69) is 15.6 Å². The van der Waals surface area contributed by atoms with Crippen LogP contribution in [0.1, 0.15) is 16.8 Å². The lowest BCUT2D eigenvalue weighted by Crippen LogP contribution is -2.42. The summed E-state index contributed by atoms with van der Waals surface area (Å²) in [5.41, 5.74) is 4.56. The first kappa shape index (κ1) is 21.5. The fourth-order valence-electron chi connectivity index (χ4n) is 2.01. The zero-order chi connectivity index (χ0) is 20.0. The molecule has 0 aromatic heterocycles. The Balaban J connectivity index is 1.86. The lowest BCUT2D eigenvalue weighted by molar-refractivity contribution is -0.121. The molecule has 3 N–H and O–H groups in total. The van der Waals surface area contributed by atoms with E-state index in [1.54, 1.807) is 12.1 Å². The molecule has 0 unspecified atom stereocenters.